The molecule has 2 aromatic heterocycles. The molecule has 0 saturated carbocycles. The molecule has 2 N–H and O–H groups in total. The molecule has 1 aromatic carbocycles. The van der Waals surface area contributed by atoms with Crippen LogP contribution in [0.3, 0.4) is 0 Å². The molecule has 0 saturated heterocycles. The van der Waals surface area contributed by atoms with Gasteiger partial charge in [0.2, 0.25) is 5.09 Å². The number of aromatic nitrogens is 2. The minimum atomic E-state index is -3.79. The van der Waals surface area contributed by atoms with E-state index in [-0.39, 0.29) is 16.5 Å². The topological polar surface area (TPSA) is 106 Å². The lowest BCUT2D eigenvalue weighted by molar-refractivity contribution is 0.0991. The van der Waals surface area contributed by atoms with E-state index in [1.165, 1.54) is 25.2 Å². The first-order valence-corrected chi connectivity index (χ1v) is 8.95. The van der Waals surface area contributed by atoms with Gasteiger partial charge in [-0.3, -0.25) is 4.79 Å². The van der Waals surface area contributed by atoms with Crippen LogP contribution in [-0.2, 0) is 10.0 Å². The Morgan fingerprint density at radius 1 is 1.27 bits per heavy atom. The van der Waals surface area contributed by atoms with Crippen molar-refractivity contribution in [3.63, 3.8) is 0 Å². The maximum atomic E-state index is 14.3. The van der Waals surface area contributed by atoms with Crippen molar-refractivity contribution in [2.24, 2.45) is 0 Å². The van der Waals surface area contributed by atoms with E-state index in [9.17, 15) is 17.6 Å². The number of carbonyl (C=O) groups is 1. The molecule has 0 unspecified atom stereocenters. The van der Waals surface area contributed by atoms with Crippen LogP contribution in [0, 0.1) is 12.7 Å². The van der Waals surface area contributed by atoms with Crippen molar-refractivity contribution in [2.75, 3.05) is 12.4 Å². The number of rotatable bonds is 5. The van der Waals surface area contributed by atoms with Crippen LogP contribution in [0.2, 0.25) is 0 Å². The SMILES string of the molecule is CNS(=O)(=O)c1ccc(C(=O)Nc2ccc(-n3ccnc3C)c(F)c2)o1. The maximum Gasteiger partial charge on any atom is 0.291 e. The minimum Gasteiger partial charge on any atom is -0.438 e. The third-order valence-corrected chi connectivity index (χ3v) is 4.92. The van der Waals surface area contributed by atoms with Gasteiger partial charge in [0.05, 0.1) is 5.69 Å². The molecule has 0 aliphatic heterocycles. The number of halogens is 1. The Bertz CT molecular complexity index is 1070. The molecule has 0 bridgehead atoms. The second kappa shape index (κ2) is 6.73. The van der Waals surface area contributed by atoms with Crippen LogP contribution in [-0.4, -0.2) is 30.9 Å². The number of sulfonamides is 1. The van der Waals surface area contributed by atoms with E-state index >= 15 is 0 Å². The van der Waals surface area contributed by atoms with Crippen molar-refractivity contribution in [3.05, 3.63) is 60.1 Å². The molecule has 10 heteroatoms. The van der Waals surface area contributed by atoms with Gasteiger partial charge in [0.15, 0.2) is 5.76 Å². The Kier molecular flexibility index (Phi) is 4.62. The maximum absolute atomic E-state index is 14.3. The standard InChI is InChI=1S/C16H15FN4O4S/c1-10-19-7-8-21(10)13-4-3-11(9-12(13)17)20-16(22)14-5-6-15(25-14)26(23,24)18-2/h3-9,18H,1-2H3,(H,20,22). The highest BCUT2D eigenvalue weighted by Gasteiger charge is 2.20. The number of anilines is 1. The van der Waals surface area contributed by atoms with Crippen molar-refractivity contribution in [3.8, 4) is 5.69 Å². The van der Waals surface area contributed by atoms with Gasteiger partial charge >= 0.3 is 0 Å². The van der Waals surface area contributed by atoms with Gasteiger partial charge in [-0.05, 0) is 44.3 Å². The monoisotopic (exact) mass is 378 g/mol. The zero-order valence-electron chi connectivity index (χ0n) is 13.9. The van der Waals surface area contributed by atoms with E-state index in [2.05, 4.69) is 15.0 Å². The number of hydrogen-bond acceptors (Lipinski definition) is 5. The third kappa shape index (κ3) is 3.37. The van der Waals surface area contributed by atoms with Crippen LogP contribution < -0.4 is 10.0 Å². The highest BCUT2D eigenvalue weighted by molar-refractivity contribution is 7.89. The van der Waals surface area contributed by atoms with E-state index in [0.717, 1.165) is 12.1 Å². The zero-order valence-corrected chi connectivity index (χ0v) is 14.7. The fourth-order valence-corrected chi connectivity index (χ4v) is 2.94. The van der Waals surface area contributed by atoms with Crippen LogP contribution >= 0.6 is 0 Å². The van der Waals surface area contributed by atoms with Gasteiger partial charge in [-0.1, -0.05) is 0 Å². The summed E-state index contributed by atoms with van der Waals surface area (Å²) in [4.78, 5) is 16.2. The molecule has 0 spiro atoms. The quantitative estimate of drug-likeness (QED) is 0.707. The Labute approximate surface area is 148 Å². The summed E-state index contributed by atoms with van der Waals surface area (Å²) in [6.07, 6.45) is 3.18. The number of furan rings is 1. The van der Waals surface area contributed by atoms with Crippen LogP contribution in [0.1, 0.15) is 16.4 Å². The molecule has 0 aliphatic carbocycles. The van der Waals surface area contributed by atoms with Crippen molar-refractivity contribution in [1.82, 2.24) is 14.3 Å². The van der Waals surface area contributed by atoms with Crippen LogP contribution in [0.5, 0.6) is 0 Å². The van der Waals surface area contributed by atoms with E-state index < -0.39 is 21.7 Å². The summed E-state index contributed by atoms with van der Waals surface area (Å²) < 4.78 is 46.3. The number of imidazole rings is 1. The number of carbonyl (C=O) groups excluding carboxylic acids is 1. The number of nitrogens with one attached hydrogen (secondary N) is 2. The Morgan fingerprint density at radius 3 is 2.65 bits per heavy atom. The summed E-state index contributed by atoms with van der Waals surface area (Å²) in [5, 5.41) is 2.07. The van der Waals surface area contributed by atoms with Gasteiger partial charge in [-0.25, -0.2) is 22.5 Å². The molecule has 0 atom stereocenters. The van der Waals surface area contributed by atoms with Crippen LogP contribution in [0.15, 0.2) is 52.2 Å². The van der Waals surface area contributed by atoms with Gasteiger partial charge in [0, 0.05) is 18.1 Å². The van der Waals surface area contributed by atoms with E-state index in [1.807, 2.05) is 0 Å². The lowest BCUT2D eigenvalue weighted by Gasteiger charge is -2.09. The molecule has 0 radical (unpaired) electrons. The minimum absolute atomic E-state index is 0.198. The molecule has 3 rings (SSSR count). The molecule has 0 aliphatic rings. The molecule has 0 fully saturated rings. The zero-order chi connectivity index (χ0) is 18.9. The van der Waals surface area contributed by atoms with E-state index in [4.69, 9.17) is 4.42 Å². The van der Waals surface area contributed by atoms with Crippen molar-refractivity contribution in [2.45, 2.75) is 12.0 Å². The first-order chi connectivity index (χ1) is 12.3. The predicted octanol–water partition coefficient (Wildman–Crippen LogP) is 2.07. The third-order valence-electron chi connectivity index (χ3n) is 3.63. The lowest BCUT2D eigenvalue weighted by atomic mass is 10.2. The van der Waals surface area contributed by atoms with E-state index in [1.54, 1.807) is 23.9 Å². The van der Waals surface area contributed by atoms with Gasteiger partial charge in [0.1, 0.15) is 11.6 Å². The summed E-state index contributed by atoms with van der Waals surface area (Å²) in [6.45, 7) is 1.74. The normalized spacial score (nSPS) is 11.5. The fraction of sp³-hybridized carbons (Fsp3) is 0.125. The fourth-order valence-electron chi connectivity index (χ4n) is 2.29. The summed E-state index contributed by atoms with van der Waals surface area (Å²) >= 11 is 0. The molecular formula is C16H15FN4O4S. The molecule has 2 heterocycles. The molecule has 1 amide bonds. The van der Waals surface area contributed by atoms with Gasteiger partial charge in [-0.15, -0.1) is 0 Å². The average molecular weight is 378 g/mol. The molecule has 26 heavy (non-hydrogen) atoms. The van der Waals surface area contributed by atoms with E-state index in [0.29, 0.717) is 11.5 Å². The number of aryl methyl sites for hydroxylation is 1. The second-order valence-corrected chi connectivity index (χ2v) is 7.11. The predicted molar refractivity (Wildman–Crippen MR) is 91.2 cm³/mol. The first-order valence-electron chi connectivity index (χ1n) is 7.46. The van der Waals surface area contributed by atoms with Crippen LogP contribution in [0.25, 0.3) is 5.69 Å². The van der Waals surface area contributed by atoms with Crippen molar-refractivity contribution in [1.29, 1.82) is 0 Å². The highest BCUT2D eigenvalue weighted by atomic mass is 32.2. The molecule has 136 valence electrons. The lowest BCUT2D eigenvalue weighted by Crippen LogP contribution is -2.18. The van der Waals surface area contributed by atoms with Gasteiger partial charge < -0.3 is 14.3 Å². The largest absolute Gasteiger partial charge is 0.438 e. The summed E-state index contributed by atoms with van der Waals surface area (Å²) in [6, 6.07) is 6.55. The Hall–Kier alpha value is -2.98. The van der Waals surface area contributed by atoms with Gasteiger partial charge in [-0.2, -0.15) is 0 Å². The smallest absolute Gasteiger partial charge is 0.291 e. The number of amides is 1. The first kappa shape index (κ1) is 17.8. The number of nitrogens with zero attached hydrogens (tertiary/aromatic N) is 2. The molecule has 3 aromatic rings. The Morgan fingerprint density at radius 2 is 2.04 bits per heavy atom. The summed E-state index contributed by atoms with van der Waals surface area (Å²) in [5.74, 6) is -0.849. The number of hydrogen-bond donors (Lipinski definition) is 2. The van der Waals surface area contributed by atoms with Gasteiger partial charge in [0.25, 0.3) is 15.9 Å². The van der Waals surface area contributed by atoms with Crippen molar-refractivity contribution < 1.29 is 22.0 Å². The van der Waals surface area contributed by atoms with Crippen molar-refractivity contribution >= 4 is 21.6 Å². The van der Waals surface area contributed by atoms with Crippen LogP contribution in [0.4, 0.5) is 10.1 Å². The second-order valence-electron chi connectivity index (χ2n) is 5.29. The average Bonchev–Trinajstić information content (AvgIpc) is 3.25. The number of benzene rings is 1. The summed E-state index contributed by atoms with van der Waals surface area (Å²) in [7, 11) is -2.56. The molecule has 8 nitrogen and oxygen atoms in total. The molecular weight excluding hydrogens is 363 g/mol. The Balaban J connectivity index is 1.80. The highest BCUT2D eigenvalue weighted by Crippen LogP contribution is 2.21. The summed E-state index contributed by atoms with van der Waals surface area (Å²) in [5.41, 5.74) is 0.488.